The highest BCUT2D eigenvalue weighted by molar-refractivity contribution is 5.89. The maximum Gasteiger partial charge on any atom is 0.336 e. The third-order valence-electron chi connectivity index (χ3n) is 3.05. The number of fused-ring (bicyclic) bond motifs is 3. The molecule has 0 spiro atoms. The van der Waals surface area contributed by atoms with E-state index in [1.54, 1.807) is 19.1 Å². The Labute approximate surface area is 103 Å². The summed E-state index contributed by atoms with van der Waals surface area (Å²) in [5.41, 5.74) is 0.127. The van der Waals surface area contributed by atoms with E-state index in [4.69, 9.17) is 9.15 Å². The highest BCUT2D eigenvalue weighted by atomic mass is 16.5. The molecule has 1 aromatic carbocycles. The summed E-state index contributed by atoms with van der Waals surface area (Å²) in [6.07, 6.45) is 3.59. The van der Waals surface area contributed by atoms with Crippen molar-refractivity contribution in [3.8, 4) is 5.75 Å². The molecule has 1 N–H and O–H groups in total. The zero-order valence-electron chi connectivity index (χ0n) is 9.84. The fourth-order valence-corrected chi connectivity index (χ4v) is 2.01. The van der Waals surface area contributed by atoms with Crippen molar-refractivity contribution < 1.29 is 14.3 Å². The van der Waals surface area contributed by atoms with Crippen molar-refractivity contribution in [2.75, 3.05) is 6.61 Å². The molecule has 0 saturated heterocycles. The highest BCUT2D eigenvalue weighted by Gasteiger charge is 2.27. The molecule has 0 radical (unpaired) electrons. The first-order chi connectivity index (χ1) is 8.61. The highest BCUT2D eigenvalue weighted by Crippen LogP contribution is 2.35. The van der Waals surface area contributed by atoms with Crippen LogP contribution in [0.4, 0.5) is 0 Å². The Hall–Kier alpha value is -2.07. The largest absolute Gasteiger partial charge is 0.480 e. The van der Waals surface area contributed by atoms with E-state index in [1.165, 1.54) is 6.07 Å². The molecule has 92 valence electrons. The summed E-state index contributed by atoms with van der Waals surface area (Å²) < 4.78 is 10.9. The molecule has 0 bridgehead atoms. The predicted octanol–water partition coefficient (Wildman–Crippen LogP) is 1.95. The Kier molecular flexibility index (Phi) is 2.28. The van der Waals surface area contributed by atoms with E-state index in [9.17, 15) is 9.90 Å². The molecule has 0 unspecified atom stereocenters. The van der Waals surface area contributed by atoms with Gasteiger partial charge in [0, 0.05) is 11.5 Å². The number of aliphatic hydroxyl groups excluding tert-OH is 1. The molecular weight excluding hydrogens is 232 g/mol. The van der Waals surface area contributed by atoms with Gasteiger partial charge < -0.3 is 14.3 Å². The first-order valence-corrected chi connectivity index (χ1v) is 5.67. The van der Waals surface area contributed by atoms with Gasteiger partial charge in [-0.25, -0.2) is 4.79 Å². The van der Waals surface area contributed by atoms with Crippen LogP contribution in [0.25, 0.3) is 17.0 Å². The maximum absolute atomic E-state index is 11.3. The van der Waals surface area contributed by atoms with E-state index in [2.05, 4.69) is 0 Å². The monoisotopic (exact) mass is 244 g/mol. The number of rotatable bonds is 1. The van der Waals surface area contributed by atoms with Crippen LogP contribution >= 0.6 is 0 Å². The summed E-state index contributed by atoms with van der Waals surface area (Å²) in [5, 5.41) is 10.1. The van der Waals surface area contributed by atoms with Crippen LogP contribution in [0.2, 0.25) is 0 Å². The molecule has 4 nitrogen and oxygen atoms in total. The average molecular weight is 244 g/mol. The number of hydrogen-bond donors (Lipinski definition) is 1. The fraction of sp³-hybridized carbons (Fsp3) is 0.214. The van der Waals surface area contributed by atoms with Gasteiger partial charge in [0.05, 0.1) is 12.2 Å². The molecule has 2 aromatic rings. The lowest BCUT2D eigenvalue weighted by molar-refractivity contribution is 0.0641. The summed E-state index contributed by atoms with van der Waals surface area (Å²) in [6, 6.07) is 6.75. The average Bonchev–Trinajstić information content (AvgIpc) is 2.38. The molecular formula is C14H12O4. The predicted molar refractivity (Wildman–Crippen MR) is 67.6 cm³/mol. The number of benzene rings is 1. The van der Waals surface area contributed by atoms with Crippen LogP contribution in [0.5, 0.6) is 5.75 Å². The molecule has 18 heavy (non-hydrogen) atoms. The smallest absolute Gasteiger partial charge is 0.336 e. The zero-order chi connectivity index (χ0) is 12.8. The molecule has 3 rings (SSSR count). The van der Waals surface area contributed by atoms with Crippen molar-refractivity contribution >= 4 is 17.0 Å². The van der Waals surface area contributed by atoms with Gasteiger partial charge in [-0.3, -0.25) is 0 Å². The number of ether oxygens (including phenoxy) is 1. The lowest BCUT2D eigenvalue weighted by Gasteiger charge is -2.29. The molecule has 2 heterocycles. The molecule has 1 aliphatic rings. The van der Waals surface area contributed by atoms with Gasteiger partial charge in [-0.05, 0) is 37.3 Å². The van der Waals surface area contributed by atoms with Crippen molar-refractivity contribution in [3.05, 3.63) is 46.3 Å². The second-order valence-electron chi connectivity index (χ2n) is 4.56. The maximum atomic E-state index is 11.3. The Balaban J connectivity index is 2.26. The minimum absolute atomic E-state index is 0.111. The summed E-state index contributed by atoms with van der Waals surface area (Å²) in [6.45, 7) is 1.68. The zero-order valence-corrected chi connectivity index (χ0v) is 9.84. The van der Waals surface area contributed by atoms with Gasteiger partial charge in [0.1, 0.15) is 16.9 Å². The summed E-state index contributed by atoms with van der Waals surface area (Å²) in [4.78, 5) is 11.3. The molecule has 4 heteroatoms. The SMILES string of the molecule is C[C@]1(CO)C=Cc2c(ccc3ccc(=O)oc23)O1. The first kappa shape index (κ1) is 11.0. The topological polar surface area (TPSA) is 59.7 Å². The van der Waals surface area contributed by atoms with Crippen molar-refractivity contribution in [2.45, 2.75) is 12.5 Å². The van der Waals surface area contributed by atoms with Crippen LogP contribution in [0.3, 0.4) is 0 Å². The molecule has 0 saturated carbocycles. The van der Waals surface area contributed by atoms with Crippen molar-refractivity contribution in [3.63, 3.8) is 0 Å². The third kappa shape index (κ3) is 1.62. The van der Waals surface area contributed by atoms with Gasteiger partial charge in [-0.15, -0.1) is 0 Å². The quantitative estimate of drug-likeness (QED) is 0.779. The summed E-state index contributed by atoms with van der Waals surface area (Å²) in [5.74, 6) is 0.607. The number of aliphatic hydroxyl groups is 1. The molecule has 1 aromatic heterocycles. The molecule has 0 amide bonds. The van der Waals surface area contributed by atoms with E-state index in [0.29, 0.717) is 11.3 Å². The van der Waals surface area contributed by atoms with Gasteiger partial charge in [0.15, 0.2) is 0 Å². The van der Waals surface area contributed by atoms with Crippen LogP contribution in [0.1, 0.15) is 12.5 Å². The molecule has 0 fully saturated rings. The second kappa shape index (κ2) is 3.71. The van der Waals surface area contributed by atoms with Crippen molar-refractivity contribution in [2.24, 2.45) is 0 Å². The minimum Gasteiger partial charge on any atom is -0.480 e. The van der Waals surface area contributed by atoms with Crippen molar-refractivity contribution in [1.29, 1.82) is 0 Å². The Morgan fingerprint density at radius 3 is 2.83 bits per heavy atom. The fourth-order valence-electron chi connectivity index (χ4n) is 2.01. The van der Waals surface area contributed by atoms with E-state index in [1.807, 2.05) is 18.2 Å². The Bertz CT molecular complexity index is 698. The number of hydrogen-bond acceptors (Lipinski definition) is 4. The molecule has 0 aliphatic carbocycles. The normalized spacial score (nSPS) is 21.7. The second-order valence-corrected chi connectivity index (χ2v) is 4.56. The van der Waals surface area contributed by atoms with Crippen molar-refractivity contribution in [1.82, 2.24) is 0 Å². The van der Waals surface area contributed by atoms with Crippen LogP contribution in [0.15, 0.2) is 39.6 Å². The van der Waals surface area contributed by atoms with Gasteiger partial charge in [-0.1, -0.05) is 0 Å². The van der Waals surface area contributed by atoms with Crippen LogP contribution in [0, 0.1) is 0 Å². The molecule has 1 atom stereocenters. The summed E-state index contributed by atoms with van der Waals surface area (Å²) in [7, 11) is 0. The van der Waals surface area contributed by atoms with Gasteiger partial charge in [-0.2, -0.15) is 0 Å². The van der Waals surface area contributed by atoms with Gasteiger partial charge >= 0.3 is 5.63 Å². The van der Waals surface area contributed by atoms with E-state index >= 15 is 0 Å². The van der Waals surface area contributed by atoms with E-state index < -0.39 is 5.60 Å². The van der Waals surface area contributed by atoms with Crippen LogP contribution in [-0.4, -0.2) is 17.3 Å². The lowest BCUT2D eigenvalue weighted by Crippen LogP contribution is -2.35. The first-order valence-electron chi connectivity index (χ1n) is 5.67. The lowest BCUT2D eigenvalue weighted by atomic mass is 10.00. The van der Waals surface area contributed by atoms with E-state index in [-0.39, 0.29) is 12.2 Å². The van der Waals surface area contributed by atoms with Crippen LogP contribution < -0.4 is 10.4 Å². The van der Waals surface area contributed by atoms with Gasteiger partial charge in [0.25, 0.3) is 0 Å². The Morgan fingerprint density at radius 1 is 1.28 bits per heavy atom. The van der Waals surface area contributed by atoms with E-state index in [0.717, 1.165) is 10.9 Å². The third-order valence-corrected chi connectivity index (χ3v) is 3.05. The standard InChI is InChI=1S/C14H12O4/c1-14(8-15)7-6-10-11(18-14)4-2-9-3-5-12(16)17-13(9)10/h2-7,15H,8H2,1H3/t14-/m1/s1. The van der Waals surface area contributed by atoms with Gasteiger partial charge in [0.2, 0.25) is 0 Å². The summed E-state index contributed by atoms with van der Waals surface area (Å²) >= 11 is 0. The molecule has 1 aliphatic heterocycles. The van der Waals surface area contributed by atoms with Crippen LogP contribution in [-0.2, 0) is 0 Å². The Morgan fingerprint density at radius 2 is 2.06 bits per heavy atom. The minimum atomic E-state index is -0.726.